The molecule has 106 valence electrons. The third-order valence-corrected chi connectivity index (χ3v) is 4.18. The molecule has 2 nitrogen and oxygen atoms in total. The van der Waals surface area contributed by atoms with Gasteiger partial charge in [-0.25, -0.2) is 8.78 Å². The van der Waals surface area contributed by atoms with Gasteiger partial charge in [-0.05, 0) is 30.7 Å². The van der Waals surface area contributed by atoms with Crippen molar-refractivity contribution in [3.63, 3.8) is 0 Å². The summed E-state index contributed by atoms with van der Waals surface area (Å²) in [6.45, 7) is 6.05. The zero-order valence-corrected chi connectivity index (χ0v) is 11.6. The van der Waals surface area contributed by atoms with E-state index in [9.17, 15) is 8.78 Å². The van der Waals surface area contributed by atoms with Crippen molar-refractivity contribution >= 4 is 5.69 Å². The Labute approximate surface area is 113 Å². The van der Waals surface area contributed by atoms with Gasteiger partial charge in [0.25, 0.3) is 0 Å². The van der Waals surface area contributed by atoms with E-state index < -0.39 is 11.6 Å². The molecule has 0 radical (unpaired) electrons. The second-order valence-corrected chi connectivity index (χ2v) is 5.64. The minimum Gasteiger partial charge on any atom is -0.369 e. The molecule has 1 saturated heterocycles. The summed E-state index contributed by atoms with van der Waals surface area (Å²) in [4.78, 5) is 1.94. The largest absolute Gasteiger partial charge is 0.369 e. The first kappa shape index (κ1) is 14.3. The molecule has 0 atom stereocenters. The van der Waals surface area contributed by atoms with Crippen LogP contribution in [0.5, 0.6) is 0 Å². The van der Waals surface area contributed by atoms with E-state index in [1.54, 1.807) is 12.1 Å². The number of hydrogen-bond acceptors (Lipinski definition) is 2. The van der Waals surface area contributed by atoms with Gasteiger partial charge in [-0.1, -0.05) is 19.9 Å². The van der Waals surface area contributed by atoms with Crippen LogP contribution in [0.25, 0.3) is 0 Å². The van der Waals surface area contributed by atoms with Crippen molar-refractivity contribution in [3.05, 3.63) is 29.3 Å². The fourth-order valence-electron chi connectivity index (χ4n) is 2.79. The van der Waals surface area contributed by atoms with E-state index in [1.807, 2.05) is 4.90 Å². The minimum atomic E-state index is -0.800. The molecule has 1 aromatic rings. The number of anilines is 1. The SMILES string of the molecule is CC(C)C1CCN(c2ccc(CN)c(F)c2F)CC1. The number of nitrogens with zero attached hydrogens (tertiary/aromatic N) is 1. The van der Waals surface area contributed by atoms with E-state index in [1.165, 1.54) is 0 Å². The average Bonchev–Trinajstić information content (AvgIpc) is 2.42. The van der Waals surface area contributed by atoms with Crippen molar-refractivity contribution in [3.8, 4) is 0 Å². The van der Waals surface area contributed by atoms with Crippen molar-refractivity contribution < 1.29 is 8.78 Å². The molecule has 2 rings (SSSR count). The summed E-state index contributed by atoms with van der Waals surface area (Å²) in [6.07, 6.45) is 2.08. The fraction of sp³-hybridized carbons (Fsp3) is 0.600. The van der Waals surface area contributed by atoms with Gasteiger partial charge < -0.3 is 10.6 Å². The van der Waals surface area contributed by atoms with Crippen LogP contribution in [0.1, 0.15) is 32.3 Å². The summed E-state index contributed by atoms with van der Waals surface area (Å²) < 4.78 is 27.8. The number of rotatable bonds is 3. The molecule has 1 aliphatic heterocycles. The quantitative estimate of drug-likeness (QED) is 0.911. The molecule has 0 unspecified atom stereocenters. The molecule has 19 heavy (non-hydrogen) atoms. The molecule has 0 aromatic heterocycles. The molecule has 1 aliphatic rings. The zero-order chi connectivity index (χ0) is 14.0. The summed E-state index contributed by atoms with van der Waals surface area (Å²) in [5.41, 5.74) is 5.99. The van der Waals surface area contributed by atoms with Gasteiger partial charge in [0, 0.05) is 25.2 Å². The summed E-state index contributed by atoms with van der Waals surface area (Å²) in [5, 5.41) is 0. The highest BCUT2D eigenvalue weighted by molar-refractivity contribution is 5.50. The molecule has 0 spiro atoms. The predicted octanol–water partition coefficient (Wildman–Crippen LogP) is 3.30. The molecule has 0 amide bonds. The van der Waals surface area contributed by atoms with Gasteiger partial charge in [-0.15, -0.1) is 0 Å². The van der Waals surface area contributed by atoms with Gasteiger partial charge in [0.05, 0.1) is 5.69 Å². The van der Waals surface area contributed by atoms with E-state index in [0.717, 1.165) is 25.9 Å². The first-order chi connectivity index (χ1) is 9.04. The van der Waals surface area contributed by atoms with E-state index in [0.29, 0.717) is 17.5 Å². The standard InChI is InChI=1S/C15H22F2N2/c1-10(2)11-5-7-19(8-6-11)13-4-3-12(9-18)14(16)15(13)17/h3-4,10-11H,5-9,18H2,1-2H3. The van der Waals surface area contributed by atoms with Crippen molar-refractivity contribution in [2.75, 3.05) is 18.0 Å². The Morgan fingerprint density at radius 2 is 1.84 bits per heavy atom. The number of halogens is 2. The Morgan fingerprint density at radius 3 is 2.37 bits per heavy atom. The molecule has 0 bridgehead atoms. The maximum absolute atomic E-state index is 14.0. The van der Waals surface area contributed by atoms with E-state index >= 15 is 0 Å². The maximum Gasteiger partial charge on any atom is 0.182 e. The topological polar surface area (TPSA) is 29.3 Å². The Balaban J connectivity index is 2.14. The molecular weight excluding hydrogens is 246 g/mol. The van der Waals surface area contributed by atoms with Gasteiger partial charge in [0.1, 0.15) is 0 Å². The number of nitrogens with two attached hydrogens (primary N) is 1. The van der Waals surface area contributed by atoms with Crippen molar-refractivity contribution in [1.29, 1.82) is 0 Å². The lowest BCUT2D eigenvalue weighted by Gasteiger charge is -2.35. The molecule has 0 saturated carbocycles. The Kier molecular flexibility index (Phi) is 4.40. The second-order valence-electron chi connectivity index (χ2n) is 5.64. The van der Waals surface area contributed by atoms with Crippen LogP contribution in [0.2, 0.25) is 0 Å². The van der Waals surface area contributed by atoms with Crippen LogP contribution in [0.4, 0.5) is 14.5 Å². The van der Waals surface area contributed by atoms with E-state index in [2.05, 4.69) is 13.8 Å². The first-order valence-corrected chi connectivity index (χ1v) is 6.96. The Morgan fingerprint density at radius 1 is 1.21 bits per heavy atom. The zero-order valence-electron chi connectivity index (χ0n) is 11.6. The van der Waals surface area contributed by atoms with Crippen LogP contribution < -0.4 is 10.6 Å². The third kappa shape index (κ3) is 2.89. The van der Waals surface area contributed by atoms with E-state index in [4.69, 9.17) is 5.73 Å². The minimum absolute atomic E-state index is 0.0262. The fourth-order valence-corrected chi connectivity index (χ4v) is 2.79. The van der Waals surface area contributed by atoms with Gasteiger partial charge >= 0.3 is 0 Å². The molecule has 1 aromatic carbocycles. The molecule has 1 fully saturated rings. The Bertz CT molecular complexity index is 438. The van der Waals surface area contributed by atoms with Crippen LogP contribution in [-0.4, -0.2) is 13.1 Å². The van der Waals surface area contributed by atoms with Gasteiger partial charge in [0.2, 0.25) is 0 Å². The smallest absolute Gasteiger partial charge is 0.182 e. The highest BCUT2D eigenvalue weighted by atomic mass is 19.2. The average molecular weight is 268 g/mol. The predicted molar refractivity (Wildman–Crippen MR) is 74.0 cm³/mol. The summed E-state index contributed by atoms with van der Waals surface area (Å²) in [7, 11) is 0. The van der Waals surface area contributed by atoms with Crippen molar-refractivity contribution in [1.82, 2.24) is 0 Å². The van der Waals surface area contributed by atoms with Crippen LogP contribution in [0.3, 0.4) is 0 Å². The number of benzene rings is 1. The lowest BCUT2D eigenvalue weighted by Crippen LogP contribution is -2.36. The summed E-state index contributed by atoms with van der Waals surface area (Å²) in [5.74, 6) is -0.215. The van der Waals surface area contributed by atoms with Crippen LogP contribution in [0.15, 0.2) is 12.1 Å². The van der Waals surface area contributed by atoms with Crippen LogP contribution in [-0.2, 0) is 6.54 Å². The molecule has 1 heterocycles. The second kappa shape index (κ2) is 5.87. The molecule has 4 heteroatoms. The normalized spacial score (nSPS) is 17.3. The molecule has 0 aliphatic carbocycles. The summed E-state index contributed by atoms with van der Waals surface area (Å²) in [6, 6.07) is 3.23. The van der Waals surface area contributed by atoms with Crippen molar-refractivity contribution in [2.45, 2.75) is 33.2 Å². The number of hydrogen-bond donors (Lipinski definition) is 1. The monoisotopic (exact) mass is 268 g/mol. The van der Waals surface area contributed by atoms with Crippen LogP contribution >= 0.6 is 0 Å². The van der Waals surface area contributed by atoms with Crippen molar-refractivity contribution in [2.24, 2.45) is 17.6 Å². The van der Waals surface area contributed by atoms with Gasteiger partial charge in [0.15, 0.2) is 11.6 Å². The van der Waals surface area contributed by atoms with Gasteiger partial charge in [-0.3, -0.25) is 0 Å². The van der Waals surface area contributed by atoms with Gasteiger partial charge in [-0.2, -0.15) is 0 Å². The Hall–Kier alpha value is -1.16. The lowest BCUT2D eigenvalue weighted by molar-refractivity contribution is 0.310. The lowest BCUT2D eigenvalue weighted by atomic mass is 9.86. The highest BCUT2D eigenvalue weighted by Gasteiger charge is 2.24. The first-order valence-electron chi connectivity index (χ1n) is 6.96. The molecular formula is C15H22F2N2. The number of piperidine rings is 1. The van der Waals surface area contributed by atoms with Crippen LogP contribution in [0, 0.1) is 23.5 Å². The van der Waals surface area contributed by atoms with E-state index in [-0.39, 0.29) is 12.1 Å². The molecule has 2 N–H and O–H groups in total. The third-order valence-electron chi connectivity index (χ3n) is 4.18. The summed E-state index contributed by atoms with van der Waals surface area (Å²) >= 11 is 0. The highest BCUT2D eigenvalue weighted by Crippen LogP contribution is 2.30. The maximum atomic E-state index is 14.0.